The van der Waals surface area contributed by atoms with Gasteiger partial charge in [0.15, 0.2) is 5.82 Å². The molecule has 1 aromatic rings. The van der Waals surface area contributed by atoms with E-state index < -0.39 is 0 Å². The molecule has 1 fully saturated rings. The van der Waals surface area contributed by atoms with Crippen molar-refractivity contribution in [3.8, 4) is 0 Å². The first-order chi connectivity index (χ1) is 9.45. The number of halogens is 2. The number of hydrogen-bond donors (Lipinski definition) is 2. The summed E-state index contributed by atoms with van der Waals surface area (Å²) in [4.78, 5) is 0.197. The van der Waals surface area contributed by atoms with Crippen LogP contribution in [0.25, 0.3) is 0 Å². The Hall–Kier alpha value is -0.680. The second kappa shape index (κ2) is 6.39. The molecule has 3 atom stereocenters. The van der Waals surface area contributed by atoms with Crippen molar-refractivity contribution >= 4 is 38.8 Å². The average Bonchev–Trinajstić information content (AvgIpc) is 2.75. The molecule has 0 aromatic heterocycles. The van der Waals surface area contributed by atoms with Gasteiger partial charge in [0.1, 0.15) is 4.99 Å². The van der Waals surface area contributed by atoms with E-state index in [0.717, 1.165) is 12.3 Å². The molecule has 20 heavy (non-hydrogen) atoms. The molecule has 0 saturated heterocycles. The van der Waals surface area contributed by atoms with Gasteiger partial charge in [0, 0.05) is 11.6 Å². The first kappa shape index (κ1) is 15.7. The molecule has 0 bridgehead atoms. The average molecular weight is 359 g/mol. The van der Waals surface area contributed by atoms with Crippen LogP contribution in [0.2, 0.25) is 0 Å². The molecule has 1 saturated carbocycles. The number of nitrogens with one attached hydrogen (secondary N) is 1. The summed E-state index contributed by atoms with van der Waals surface area (Å²) in [5.74, 6) is 0.978. The van der Waals surface area contributed by atoms with E-state index in [1.54, 1.807) is 12.1 Å². The fourth-order valence-electron chi connectivity index (χ4n) is 3.08. The van der Waals surface area contributed by atoms with Crippen molar-refractivity contribution in [3.63, 3.8) is 0 Å². The Kier molecular flexibility index (Phi) is 5.02. The minimum absolute atomic E-state index is 0.197. The lowest BCUT2D eigenvalue weighted by molar-refractivity contribution is 0.391. The van der Waals surface area contributed by atoms with E-state index in [1.165, 1.54) is 12.8 Å². The third-order valence-electron chi connectivity index (χ3n) is 4.44. The molecule has 1 aromatic carbocycles. The third-order valence-corrected chi connectivity index (χ3v) is 5.43. The topological polar surface area (TPSA) is 38.0 Å². The Labute approximate surface area is 133 Å². The molecule has 0 amide bonds. The van der Waals surface area contributed by atoms with Gasteiger partial charge < -0.3 is 11.1 Å². The van der Waals surface area contributed by atoms with E-state index in [-0.39, 0.29) is 10.8 Å². The molecule has 3 N–H and O–H groups in total. The molecule has 1 aliphatic rings. The maximum Gasteiger partial charge on any atom is 0.161 e. The summed E-state index contributed by atoms with van der Waals surface area (Å²) >= 11 is 8.15. The van der Waals surface area contributed by atoms with Crippen molar-refractivity contribution in [3.05, 3.63) is 28.0 Å². The number of benzene rings is 1. The Morgan fingerprint density at radius 3 is 2.75 bits per heavy atom. The zero-order valence-corrected chi connectivity index (χ0v) is 14.2. The lowest BCUT2D eigenvalue weighted by Gasteiger charge is -2.22. The Morgan fingerprint density at radius 1 is 1.50 bits per heavy atom. The summed E-state index contributed by atoms with van der Waals surface area (Å²) in [6.45, 7) is 4.47. The molecule has 0 heterocycles. The summed E-state index contributed by atoms with van der Waals surface area (Å²) < 4.78 is 14.7. The predicted molar refractivity (Wildman–Crippen MR) is 89.6 cm³/mol. The number of hydrogen-bond acceptors (Lipinski definition) is 2. The summed E-state index contributed by atoms with van der Waals surface area (Å²) in [6.07, 6.45) is 3.49. The highest BCUT2D eigenvalue weighted by molar-refractivity contribution is 9.10. The van der Waals surface area contributed by atoms with Gasteiger partial charge in [-0.15, -0.1) is 0 Å². The summed E-state index contributed by atoms with van der Waals surface area (Å²) in [5, 5.41) is 3.34. The molecule has 0 aliphatic heterocycles. The van der Waals surface area contributed by atoms with Crippen molar-refractivity contribution in [1.29, 1.82) is 0 Å². The van der Waals surface area contributed by atoms with Gasteiger partial charge in [-0.2, -0.15) is 0 Å². The highest BCUT2D eigenvalue weighted by Crippen LogP contribution is 2.37. The molecule has 110 valence electrons. The van der Waals surface area contributed by atoms with E-state index >= 15 is 0 Å². The first-order valence-electron chi connectivity index (χ1n) is 7.00. The normalized spacial score (nSPS) is 25.7. The van der Waals surface area contributed by atoms with Crippen LogP contribution < -0.4 is 11.1 Å². The number of rotatable bonds is 4. The fraction of sp³-hybridized carbons (Fsp3) is 0.533. The molecule has 2 nitrogen and oxygen atoms in total. The van der Waals surface area contributed by atoms with Gasteiger partial charge in [-0.1, -0.05) is 32.5 Å². The highest BCUT2D eigenvalue weighted by atomic mass is 79.9. The minimum atomic E-state index is -0.317. The Morgan fingerprint density at radius 2 is 2.20 bits per heavy atom. The summed E-state index contributed by atoms with van der Waals surface area (Å²) in [6, 6.07) is 3.81. The standard InChI is InChI=1S/C15H20BrFN2S/c1-3-9-4-6-11(8(9)2)19-12-7-5-10(15(18)20)13(16)14(12)17/h5,7-9,11,19H,3-4,6H2,1-2H3,(H2,18,20). The molecule has 2 rings (SSSR count). The quantitative estimate of drug-likeness (QED) is 0.780. The highest BCUT2D eigenvalue weighted by Gasteiger charge is 2.32. The van der Waals surface area contributed by atoms with Crippen LogP contribution >= 0.6 is 28.1 Å². The molecule has 0 spiro atoms. The van der Waals surface area contributed by atoms with Crippen LogP contribution in [0.1, 0.15) is 38.7 Å². The lowest BCUT2D eigenvalue weighted by Crippen LogP contribution is -2.25. The van der Waals surface area contributed by atoms with E-state index in [4.69, 9.17) is 18.0 Å². The maximum atomic E-state index is 14.4. The zero-order valence-electron chi connectivity index (χ0n) is 11.7. The SMILES string of the molecule is CCC1CCC(Nc2ccc(C(N)=S)c(Br)c2F)C1C. The molecule has 1 aliphatic carbocycles. The van der Waals surface area contributed by atoms with Crippen molar-refractivity contribution in [2.75, 3.05) is 5.32 Å². The second-order valence-corrected chi connectivity index (χ2v) is 6.74. The molecule has 3 unspecified atom stereocenters. The second-order valence-electron chi connectivity index (χ2n) is 5.51. The largest absolute Gasteiger partial charge is 0.389 e. The molecular weight excluding hydrogens is 339 g/mol. The maximum absolute atomic E-state index is 14.4. The van der Waals surface area contributed by atoms with Gasteiger partial charge in [0.25, 0.3) is 0 Å². The smallest absolute Gasteiger partial charge is 0.161 e. The fourth-order valence-corrected chi connectivity index (χ4v) is 3.94. The van der Waals surface area contributed by atoms with Gasteiger partial charge in [-0.3, -0.25) is 0 Å². The van der Waals surface area contributed by atoms with Crippen LogP contribution in [-0.4, -0.2) is 11.0 Å². The minimum Gasteiger partial charge on any atom is -0.389 e. The summed E-state index contributed by atoms with van der Waals surface area (Å²) in [7, 11) is 0. The van der Waals surface area contributed by atoms with E-state index in [2.05, 4.69) is 35.1 Å². The van der Waals surface area contributed by atoms with Gasteiger partial charge in [-0.05, 0) is 52.7 Å². The van der Waals surface area contributed by atoms with Crippen molar-refractivity contribution in [1.82, 2.24) is 0 Å². The molecule has 5 heteroatoms. The van der Waals surface area contributed by atoms with Gasteiger partial charge in [0.05, 0.1) is 10.2 Å². The Bertz CT molecular complexity index is 521. The molecule has 0 radical (unpaired) electrons. The van der Waals surface area contributed by atoms with Gasteiger partial charge >= 0.3 is 0 Å². The Balaban J connectivity index is 2.19. The van der Waals surface area contributed by atoms with E-state index in [9.17, 15) is 4.39 Å². The van der Waals surface area contributed by atoms with Crippen molar-refractivity contribution < 1.29 is 4.39 Å². The number of thiocarbonyl (C=S) groups is 1. The van der Waals surface area contributed by atoms with Crippen LogP contribution in [0, 0.1) is 17.7 Å². The number of nitrogens with two attached hydrogens (primary N) is 1. The van der Waals surface area contributed by atoms with E-state index in [0.29, 0.717) is 27.7 Å². The van der Waals surface area contributed by atoms with Crippen LogP contribution in [0.15, 0.2) is 16.6 Å². The molecular formula is C15H20BrFN2S. The number of anilines is 1. The van der Waals surface area contributed by atoms with Gasteiger partial charge in [0.2, 0.25) is 0 Å². The van der Waals surface area contributed by atoms with E-state index in [1.807, 2.05) is 0 Å². The summed E-state index contributed by atoms with van der Waals surface area (Å²) in [5.41, 5.74) is 6.62. The zero-order chi connectivity index (χ0) is 14.9. The predicted octanol–water partition coefficient (Wildman–Crippen LogP) is 4.46. The lowest BCUT2D eigenvalue weighted by atomic mass is 9.93. The first-order valence-corrected chi connectivity index (χ1v) is 8.20. The van der Waals surface area contributed by atoms with Crippen LogP contribution in [0.5, 0.6) is 0 Å². The van der Waals surface area contributed by atoms with Crippen molar-refractivity contribution in [2.24, 2.45) is 17.6 Å². The van der Waals surface area contributed by atoms with Gasteiger partial charge in [-0.25, -0.2) is 4.39 Å². The third kappa shape index (κ3) is 2.98. The van der Waals surface area contributed by atoms with Crippen LogP contribution in [0.3, 0.4) is 0 Å². The monoisotopic (exact) mass is 358 g/mol. The van der Waals surface area contributed by atoms with Crippen LogP contribution in [0.4, 0.5) is 10.1 Å². The van der Waals surface area contributed by atoms with Crippen molar-refractivity contribution in [2.45, 2.75) is 39.2 Å². The van der Waals surface area contributed by atoms with Crippen LogP contribution in [-0.2, 0) is 0 Å².